The Labute approximate surface area is 368 Å². The van der Waals surface area contributed by atoms with Crippen LogP contribution in [0, 0.1) is 17.8 Å². The third kappa shape index (κ3) is 7.88. The number of hydrogen-bond acceptors (Lipinski definition) is 8. The Bertz CT molecular complexity index is 2540. The van der Waals surface area contributed by atoms with Crippen molar-refractivity contribution in [2.45, 2.75) is 109 Å². The number of amides is 3. The molecule has 6 atom stereocenters. The Hall–Kier alpha value is -5.98. The molecule has 3 fully saturated rings. The van der Waals surface area contributed by atoms with Crippen LogP contribution in [0.5, 0.6) is 0 Å². The van der Waals surface area contributed by atoms with Gasteiger partial charge < -0.3 is 34.6 Å². The highest BCUT2D eigenvalue weighted by Gasteiger charge is 2.42. The molecule has 3 aromatic carbocycles. The molecule has 3 N–H and O–H groups in total. The third-order valence-corrected chi connectivity index (χ3v) is 14.3. The summed E-state index contributed by atoms with van der Waals surface area (Å²) in [5.41, 5.74) is 11.6. The third-order valence-electron chi connectivity index (χ3n) is 14.3. The van der Waals surface area contributed by atoms with Gasteiger partial charge in [-0.1, -0.05) is 70.2 Å². The van der Waals surface area contributed by atoms with Gasteiger partial charge in [0.25, 0.3) is 0 Å². The number of esters is 1. The lowest BCUT2D eigenvalue weighted by molar-refractivity contribution is -0.148. The molecule has 2 aliphatic heterocycles. The normalized spacial score (nSPS) is 21.3. The number of carbonyl (C=O) groups excluding carboxylic acids is 4. The number of hydrogen-bond donors (Lipinski definition) is 3. The minimum absolute atomic E-state index is 0.00877. The van der Waals surface area contributed by atoms with Gasteiger partial charge in [0.15, 0.2) is 0 Å². The van der Waals surface area contributed by atoms with Crippen molar-refractivity contribution in [1.29, 1.82) is 0 Å². The molecular weight excluding hydrogens is 795 g/mol. The molecule has 13 heteroatoms. The monoisotopic (exact) mass is 853 g/mol. The van der Waals surface area contributed by atoms with Crippen molar-refractivity contribution in [1.82, 2.24) is 35.1 Å². The summed E-state index contributed by atoms with van der Waals surface area (Å²) in [5.74, 6) is 1.57. The van der Waals surface area contributed by atoms with E-state index in [1.54, 1.807) is 0 Å². The van der Waals surface area contributed by atoms with Crippen LogP contribution in [0.2, 0.25) is 0 Å². The highest BCUT2D eigenvalue weighted by molar-refractivity contribution is 5.88. The van der Waals surface area contributed by atoms with Gasteiger partial charge in [-0.25, -0.2) is 14.8 Å². The summed E-state index contributed by atoms with van der Waals surface area (Å²) in [6.07, 6.45) is 8.27. The van der Waals surface area contributed by atoms with Gasteiger partial charge in [0, 0.05) is 13.1 Å². The summed E-state index contributed by atoms with van der Waals surface area (Å²) in [4.78, 5) is 72.5. The van der Waals surface area contributed by atoms with E-state index in [2.05, 4.69) is 69.9 Å². The lowest BCUT2D eigenvalue weighted by Gasteiger charge is -2.29. The Morgan fingerprint density at radius 3 is 1.98 bits per heavy atom. The number of likely N-dealkylation sites (tertiary alicyclic amines) is 2. The fraction of sp³-hybridized carbons (Fsp3) is 0.480. The van der Waals surface area contributed by atoms with Crippen molar-refractivity contribution in [3.8, 4) is 33.5 Å². The molecule has 3 amide bonds. The SMILES string of the molecule is COC(=O)C[C@H](C(=O)N1CCC[C@H]1c1ncc(-c2ccc(-c3ccc(-c4ccc5[nH]c([C@@H]6CCCN6C(=O)[C@@H](NC(=O)OC)C(C)C)nc5c4)c4c3[C@@H]3CC[C@H]4C3)cc2)[nH]1)C(C)C. The maximum Gasteiger partial charge on any atom is 0.407 e. The zero-order chi connectivity index (χ0) is 44.1. The van der Waals surface area contributed by atoms with E-state index in [1.807, 2.05) is 43.7 Å². The maximum absolute atomic E-state index is 13.8. The van der Waals surface area contributed by atoms with Gasteiger partial charge in [-0.15, -0.1) is 0 Å². The molecule has 0 unspecified atom stereocenters. The number of nitrogens with zero attached hydrogens (tertiary/aromatic N) is 4. The fourth-order valence-electron chi connectivity index (χ4n) is 10.9. The van der Waals surface area contributed by atoms with Gasteiger partial charge in [0.05, 0.1) is 61.6 Å². The van der Waals surface area contributed by atoms with Crippen LogP contribution in [0.4, 0.5) is 4.79 Å². The minimum Gasteiger partial charge on any atom is -0.469 e. The van der Waals surface area contributed by atoms with E-state index >= 15 is 0 Å². The maximum atomic E-state index is 13.8. The second-order valence-electron chi connectivity index (χ2n) is 18.7. The van der Waals surface area contributed by atoms with E-state index in [1.165, 1.54) is 61.3 Å². The molecular formula is C50H59N7O6. The lowest BCUT2D eigenvalue weighted by Crippen LogP contribution is -2.51. The number of imidazole rings is 2. The predicted octanol–water partition coefficient (Wildman–Crippen LogP) is 9.19. The molecule has 63 heavy (non-hydrogen) atoms. The largest absolute Gasteiger partial charge is 0.469 e. The van der Waals surface area contributed by atoms with Gasteiger partial charge in [-0.2, -0.15) is 0 Å². The standard InChI is InChI=1S/C50H59N7O6/c1-27(2)36(25-42(58)62-5)48(59)56-21-7-9-40(56)46-51-26-39(54-46)30-13-11-29(12-14-30)34-18-19-35(44-33-16-15-32(23-33)43(34)44)31-17-20-37-38(24-31)53-47(52-37)41-10-8-22-57(41)49(60)45(28(3)4)55-50(61)63-6/h11-14,17-20,24,26-28,32-33,36,40-41,45H,7-10,15-16,21-23,25H2,1-6H3,(H,51,54)(H,52,53)(H,55,61)/t32-,33+,36+,40+,41+,45+/m1/s1. The van der Waals surface area contributed by atoms with Crippen molar-refractivity contribution in [3.63, 3.8) is 0 Å². The van der Waals surface area contributed by atoms with Crippen LogP contribution in [0.1, 0.15) is 126 Å². The van der Waals surface area contributed by atoms with Crippen molar-refractivity contribution in [2.75, 3.05) is 27.3 Å². The molecule has 0 spiro atoms. The van der Waals surface area contributed by atoms with E-state index < -0.39 is 18.1 Å². The number of benzene rings is 3. The average Bonchev–Trinajstić information content (AvgIpc) is 4.16. The Kier molecular flexibility index (Phi) is 11.6. The van der Waals surface area contributed by atoms with E-state index in [9.17, 15) is 19.2 Å². The fourth-order valence-corrected chi connectivity index (χ4v) is 10.9. The number of fused-ring (bicyclic) bond motifs is 6. The number of carbonyl (C=O) groups is 4. The van der Waals surface area contributed by atoms with Crippen LogP contribution in [0.15, 0.2) is 60.8 Å². The van der Waals surface area contributed by atoms with Crippen molar-refractivity contribution in [2.24, 2.45) is 17.8 Å². The first-order chi connectivity index (χ1) is 30.4. The Morgan fingerprint density at radius 1 is 0.730 bits per heavy atom. The van der Waals surface area contributed by atoms with Crippen LogP contribution in [0.3, 0.4) is 0 Å². The molecule has 330 valence electrons. The van der Waals surface area contributed by atoms with Crippen LogP contribution in [-0.2, 0) is 23.9 Å². The van der Waals surface area contributed by atoms with Crippen LogP contribution >= 0.6 is 0 Å². The first-order valence-corrected chi connectivity index (χ1v) is 22.8. The number of aromatic nitrogens is 4. The second-order valence-corrected chi connectivity index (χ2v) is 18.7. The molecule has 2 aliphatic carbocycles. The van der Waals surface area contributed by atoms with Crippen molar-refractivity contribution in [3.05, 3.63) is 83.6 Å². The summed E-state index contributed by atoms with van der Waals surface area (Å²) < 4.78 is 9.72. The number of aromatic amines is 2. The molecule has 2 aromatic heterocycles. The van der Waals surface area contributed by atoms with Gasteiger partial charge >= 0.3 is 12.1 Å². The van der Waals surface area contributed by atoms with E-state index in [0.717, 1.165) is 65.2 Å². The molecule has 2 bridgehead atoms. The number of methoxy groups -OCH3 is 2. The number of nitrogens with one attached hydrogen (secondary N) is 3. The molecule has 5 aromatic rings. The number of alkyl carbamates (subject to hydrolysis) is 1. The molecule has 1 saturated carbocycles. The lowest BCUT2D eigenvalue weighted by atomic mass is 9.81. The topological polar surface area (TPSA) is 163 Å². The summed E-state index contributed by atoms with van der Waals surface area (Å²) in [7, 11) is 2.67. The summed E-state index contributed by atoms with van der Waals surface area (Å²) >= 11 is 0. The van der Waals surface area contributed by atoms with E-state index in [0.29, 0.717) is 24.9 Å². The number of rotatable bonds is 12. The van der Waals surface area contributed by atoms with Gasteiger partial charge in [0.2, 0.25) is 11.8 Å². The number of ether oxygens (including phenoxy) is 2. The molecule has 4 heterocycles. The van der Waals surface area contributed by atoms with Crippen molar-refractivity contribution >= 4 is 34.9 Å². The second kappa shape index (κ2) is 17.3. The highest BCUT2D eigenvalue weighted by Crippen LogP contribution is 2.58. The Morgan fingerprint density at radius 2 is 1.35 bits per heavy atom. The highest BCUT2D eigenvalue weighted by atomic mass is 16.5. The summed E-state index contributed by atoms with van der Waals surface area (Å²) in [6, 6.07) is 18.8. The predicted molar refractivity (Wildman–Crippen MR) is 240 cm³/mol. The zero-order valence-electron chi connectivity index (χ0n) is 37.2. The smallest absolute Gasteiger partial charge is 0.407 e. The van der Waals surface area contributed by atoms with E-state index in [4.69, 9.17) is 19.4 Å². The van der Waals surface area contributed by atoms with Gasteiger partial charge in [-0.05, 0) is 120 Å². The summed E-state index contributed by atoms with van der Waals surface area (Å²) in [6.45, 7) is 9.05. The quantitative estimate of drug-likeness (QED) is 0.105. The molecule has 0 radical (unpaired) electrons. The minimum atomic E-state index is -0.685. The van der Waals surface area contributed by atoms with Gasteiger partial charge in [-0.3, -0.25) is 14.4 Å². The first-order valence-electron chi connectivity index (χ1n) is 22.8. The van der Waals surface area contributed by atoms with E-state index in [-0.39, 0.29) is 48.1 Å². The van der Waals surface area contributed by atoms with Crippen LogP contribution < -0.4 is 5.32 Å². The van der Waals surface area contributed by atoms with Crippen LogP contribution in [0.25, 0.3) is 44.5 Å². The Balaban J connectivity index is 0.949. The average molecular weight is 854 g/mol. The molecule has 13 nitrogen and oxygen atoms in total. The van der Waals surface area contributed by atoms with Crippen LogP contribution in [-0.4, -0.2) is 87.0 Å². The molecule has 9 rings (SSSR count). The zero-order valence-corrected chi connectivity index (χ0v) is 37.2. The first kappa shape index (κ1) is 42.3. The van der Waals surface area contributed by atoms with Crippen molar-refractivity contribution < 1.29 is 28.7 Å². The number of H-pyrrole nitrogens is 2. The molecule has 4 aliphatic rings. The summed E-state index contributed by atoms with van der Waals surface area (Å²) in [5, 5.41) is 2.74. The van der Waals surface area contributed by atoms with Gasteiger partial charge in [0.1, 0.15) is 17.7 Å². The molecule has 2 saturated heterocycles.